The number of carbonyl (C=O) groups excluding carboxylic acids is 6. The Morgan fingerprint density at radius 2 is 1.24 bits per heavy atom. The molecule has 0 bridgehead atoms. The van der Waals surface area contributed by atoms with Crippen LogP contribution in [0.25, 0.3) is 0 Å². The maximum absolute atomic E-state index is 13.5. The summed E-state index contributed by atoms with van der Waals surface area (Å²) in [5.41, 5.74) is -2.05. The summed E-state index contributed by atoms with van der Waals surface area (Å²) in [4.78, 5) is 76.8. The summed E-state index contributed by atoms with van der Waals surface area (Å²) in [5, 5.41) is 0. The molecule has 1 aromatic rings. The van der Waals surface area contributed by atoms with Gasteiger partial charge in [0.2, 0.25) is 0 Å². The fourth-order valence-electron chi connectivity index (χ4n) is 7.02. The molecule has 1 fully saturated rings. The maximum atomic E-state index is 13.5. The van der Waals surface area contributed by atoms with Crippen molar-refractivity contribution in [3.63, 3.8) is 0 Å². The second-order valence-electron chi connectivity index (χ2n) is 13.6. The van der Waals surface area contributed by atoms with Gasteiger partial charge < -0.3 is 28.4 Å². The first kappa shape index (κ1) is 39.0. The lowest BCUT2D eigenvalue weighted by atomic mass is 9.74. The first-order chi connectivity index (χ1) is 22.8. The molecule has 9 atom stereocenters. The Balaban J connectivity index is 2.43. The molecule has 0 amide bonds. The van der Waals surface area contributed by atoms with Crippen molar-refractivity contribution in [2.24, 2.45) is 23.2 Å². The molecular weight excluding hydrogens is 636 g/mol. The predicted molar refractivity (Wildman–Crippen MR) is 175 cm³/mol. The van der Waals surface area contributed by atoms with E-state index in [0.29, 0.717) is 11.1 Å². The van der Waals surface area contributed by atoms with Crippen LogP contribution in [-0.4, -0.2) is 71.9 Å². The summed E-state index contributed by atoms with van der Waals surface area (Å²) in [6.45, 7) is 14.8. The molecule has 1 saturated carbocycles. The second kappa shape index (κ2) is 15.8. The van der Waals surface area contributed by atoms with E-state index in [-0.39, 0.29) is 6.42 Å². The molecule has 0 aromatic heterocycles. The van der Waals surface area contributed by atoms with Gasteiger partial charge in [-0.15, -0.1) is 0 Å². The molecule has 12 heteroatoms. The van der Waals surface area contributed by atoms with Crippen LogP contribution in [0, 0.1) is 23.2 Å². The van der Waals surface area contributed by atoms with Crippen molar-refractivity contribution < 1.29 is 57.2 Å². The van der Waals surface area contributed by atoms with Crippen molar-refractivity contribution in [1.29, 1.82) is 0 Å². The van der Waals surface area contributed by atoms with Gasteiger partial charge >= 0.3 is 35.8 Å². The Morgan fingerprint density at radius 1 is 0.694 bits per heavy atom. The zero-order valence-electron chi connectivity index (χ0n) is 29.8. The number of carbonyl (C=O) groups is 6. The van der Waals surface area contributed by atoms with Crippen molar-refractivity contribution in [3.05, 3.63) is 59.7 Å². The lowest BCUT2D eigenvalue weighted by molar-refractivity contribution is -0.196. The number of ether oxygens (including phenoxy) is 6. The average molecular weight is 685 g/mol. The lowest BCUT2D eigenvalue weighted by Crippen LogP contribution is -2.56. The summed E-state index contributed by atoms with van der Waals surface area (Å²) in [6, 6.07) is 8.37. The Bertz CT molecular complexity index is 1480. The van der Waals surface area contributed by atoms with E-state index in [9.17, 15) is 28.8 Å². The predicted octanol–water partition coefficient (Wildman–Crippen LogP) is 5.08. The molecule has 0 unspecified atom stereocenters. The zero-order chi connectivity index (χ0) is 36.8. The summed E-state index contributed by atoms with van der Waals surface area (Å²) >= 11 is 0. The van der Waals surface area contributed by atoms with Gasteiger partial charge in [0.15, 0.2) is 23.9 Å². The van der Waals surface area contributed by atoms with E-state index < -0.39 is 95.1 Å². The maximum Gasteiger partial charge on any atom is 0.338 e. The molecule has 0 spiro atoms. The highest BCUT2D eigenvalue weighted by molar-refractivity contribution is 5.89. The van der Waals surface area contributed by atoms with Gasteiger partial charge in [0, 0.05) is 46.0 Å². The quantitative estimate of drug-likeness (QED) is 0.214. The molecular formula is C37H48O12. The number of benzene rings is 1. The van der Waals surface area contributed by atoms with Gasteiger partial charge in [-0.05, 0) is 37.0 Å². The van der Waals surface area contributed by atoms with Crippen LogP contribution in [0.15, 0.2) is 54.1 Å². The van der Waals surface area contributed by atoms with Crippen molar-refractivity contribution in [3.8, 4) is 0 Å². The number of hydrogen-bond donors (Lipinski definition) is 0. The number of rotatable bonds is 7. The molecule has 3 rings (SSSR count). The van der Waals surface area contributed by atoms with E-state index in [4.69, 9.17) is 28.4 Å². The molecule has 2 aliphatic rings. The van der Waals surface area contributed by atoms with E-state index in [2.05, 4.69) is 0 Å². The summed E-state index contributed by atoms with van der Waals surface area (Å²) in [6.07, 6.45) is -0.641. The van der Waals surface area contributed by atoms with Gasteiger partial charge in [-0.2, -0.15) is 0 Å². The third-order valence-corrected chi connectivity index (χ3v) is 8.90. The molecule has 0 N–H and O–H groups in total. The van der Waals surface area contributed by atoms with E-state index in [1.807, 2.05) is 6.92 Å². The Hall–Kier alpha value is -4.48. The molecule has 49 heavy (non-hydrogen) atoms. The van der Waals surface area contributed by atoms with Crippen molar-refractivity contribution >= 4 is 35.8 Å². The van der Waals surface area contributed by atoms with Crippen molar-refractivity contribution in [1.82, 2.24) is 0 Å². The molecule has 2 aliphatic carbocycles. The third-order valence-electron chi connectivity index (χ3n) is 8.90. The topological polar surface area (TPSA) is 158 Å². The number of esters is 6. The lowest BCUT2D eigenvalue weighted by Gasteiger charge is -2.44. The van der Waals surface area contributed by atoms with Gasteiger partial charge in [-0.3, -0.25) is 24.0 Å². The Labute approximate surface area is 287 Å². The van der Waals surface area contributed by atoms with Gasteiger partial charge in [0.25, 0.3) is 0 Å². The standard InChI is InChI=1S/C37H48O12/c1-20-16-17-36(9,10)34(47-26(7)41)32(45-24(5)39)31(44-23(4)38)21(2)18-29-30(48-35(43)28-14-12-11-13-15-28)22(3)19-37(29,49-27(8)42)33(20)46-25(6)40/h11-18,20,22,29-34H,19H2,1-10H3/t20-,22+,29-,30-,31+,32-,33-,34+,37+/m0/s1. The van der Waals surface area contributed by atoms with Crippen LogP contribution in [0.5, 0.6) is 0 Å². The minimum Gasteiger partial charge on any atom is -0.458 e. The average Bonchev–Trinajstić information content (AvgIpc) is 3.23. The first-order valence-corrected chi connectivity index (χ1v) is 16.3. The highest BCUT2D eigenvalue weighted by atomic mass is 16.6. The number of fused-ring (bicyclic) bond motifs is 1. The fourth-order valence-corrected chi connectivity index (χ4v) is 7.02. The first-order valence-electron chi connectivity index (χ1n) is 16.3. The van der Waals surface area contributed by atoms with Crippen LogP contribution in [0.2, 0.25) is 0 Å². The van der Waals surface area contributed by atoms with Crippen LogP contribution in [0.3, 0.4) is 0 Å². The van der Waals surface area contributed by atoms with Gasteiger partial charge in [-0.1, -0.05) is 64.1 Å². The summed E-state index contributed by atoms with van der Waals surface area (Å²) in [5.74, 6) is -6.08. The Kier molecular flexibility index (Phi) is 12.6. The van der Waals surface area contributed by atoms with E-state index in [0.717, 1.165) is 0 Å². The van der Waals surface area contributed by atoms with E-state index in [1.165, 1.54) is 34.6 Å². The normalized spacial score (nSPS) is 30.9. The second-order valence-corrected chi connectivity index (χ2v) is 13.6. The van der Waals surface area contributed by atoms with Gasteiger partial charge in [-0.25, -0.2) is 4.79 Å². The monoisotopic (exact) mass is 684 g/mol. The highest BCUT2D eigenvalue weighted by Crippen LogP contribution is 2.51. The van der Waals surface area contributed by atoms with E-state index in [1.54, 1.807) is 76.3 Å². The number of hydrogen-bond acceptors (Lipinski definition) is 12. The van der Waals surface area contributed by atoms with Crippen LogP contribution < -0.4 is 0 Å². The minimum atomic E-state index is -1.58. The molecule has 0 aliphatic heterocycles. The Morgan fingerprint density at radius 3 is 1.78 bits per heavy atom. The van der Waals surface area contributed by atoms with E-state index >= 15 is 0 Å². The zero-order valence-corrected chi connectivity index (χ0v) is 29.8. The van der Waals surface area contributed by atoms with Crippen molar-refractivity contribution in [2.75, 3.05) is 0 Å². The van der Waals surface area contributed by atoms with Crippen LogP contribution in [0.4, 0.5) is 0 Å². The molecule has 268 valence electrons. The summed E-state index contributed by atoms with van der Waals surface area (Å²) in [7, 11) is 0. The summed E-state index contributed by atoms with van der Waals surface area (Å²) < 4.78 is 35.8. The van der Waals surface area contributed by atoms with Crippen LogP contribution in [-0.2, 0) is 52.4 Å². The third kappa shape index (κ3) is 9.36. The smallest absolute Gasteiger partial charge is 0.338 e. The molecule has 12 nitrogen and oxygen atoms in total. The van der Waals surface area contributed by atoms with Crippen LogP contribution in [0.1, 0.15) is 86.0 Å². The van der Waals surface area contributed by atoms with Crippen LogP contribution >= 0.6 is 0 Å². The highest BCUT2D eigenvalue weighted by Gasteiger charge is 2.62. The van der Waals surface area contributed by atoms with Gasteiger partial charge in [0.05, 0.1) is 11.5 Å². The largest absolute Gasteiger partial charge is 0.458 e. The molecule has 0 heterocycles. The van der Waals surface area contributed by atoms with Crippen molar-refractivity contribution in [2.45, 2.75) is 112 Å². The molecule has 0 radical (unpaired) electrons. The van der Waals surface area contributed by atoms with Gasteiger partial charge in [0.1, 0.15) is 12.2 Å². The SMILES string of the molecule is CC(=O)O[C@H]1[C@H](OC(C)=O)C(C)=C[C@H]2[C@@H](OC(=O)c3ccccc3)[C@H](C)C[C@]2(OC(C)=O)[C@@H](OC(C)=O)[C@@H](C)C=CC(C)(C)[C@@H]1OC(C)=O. The minimum absolute atomic E-state index is 0.120. The molecule has 0 saturated heterocycles. The fraction of sp³-hybridized carbons (Fsp3) is 0.568. The molecule has 1 aromatic carbocycles.